The molecule has 0 aliphatic heterocycles. The molecule has 0 aromatic heterocycles. The minimum Gasteiger partial charge on any atom is -0.422 e. The summed E-state index contributed by atoms with van der Waals surface area (Å²) in [5, 5.41) is 10.9. The molecule has 7 heteroatoms. The zero-order chi connectivity index (χ0) is 23.2. The molecule has 33 heavy (non-hydrogen) atoms. The van der Waals surface area contributed by atoms with Crippen molar-refractivity contribution in [3.05, 3.63) is 112 Å². The number of rotatable bonds is 6. The first-order valence-electron chi connectivity index (χ1n) is 10.5. The van der Waals surface area contributed by atoms with Crippen LogP contribution in [0, 0.1) is 10.1 Å². The van der Waals surface area contributed by atoms with Crippen LogP contribution in [0.5, 0.6) is 0 Å². The molecule has 1 saturated carbocycles. The Kier molecular flexibility index (Phi) is 7.00. The number of ether oxygens (including phenoxy) is 1. The number of benzene rings is 3. The van der Waals surface area contributed by atoms with Gasteiger partial charge < -0.3 is 4.74 Å². The topological polar surface area (TPSA) is 86.5 Å². The van der Waals surface area contributed by atoms with Crippen molar-refractivity contribution in [3.63, 3.8) is 0 Å². The summed E-state index contributed by atoms with van der Waals surface area (Å²) < 4.78 is 5.80. The van der Waals surface area contributed by atoms with Crippen LogP contribution < -0.4 is 0 Å². The van der Waals surface area contributed by atoms with E-state index in [-0.39, 0.29) is 17.2 Å². The Bertz CT molecular complexity index is 1210. The van der Waals surface area contributed by atoms with Crippen LogP contribution in [0.3, 0.4) is 0 Å². The molecular weight excluding hydrogens is 438 g/mol. The first-order chi connectivity index (χ1) is 16.0. The third-order valence-electron chi connectivity index (χ3n) is 5.33. The van der Waals surface area contributed by atoms with E-state index in [0.717, 1.165) is 0 Å². The van der Waals surface area contributed by atoms with Gasteiger partial charge in [-0.15, -0.1) is 11.8 Å². The van der Waals surface area contributed by atoms with Crippen LogP contribution in [0.1, 0.15) is 35.2 Å². The van der Waals surface area contributed by atoms with E-state index < -0.39 is 16.1 Å². The molecule has 0 saturated heterocycles. The highest BCUT2D eigenvalue weighted by molar-refractivity contribution is 8.00. The van der Waals surface area contributed by atoms with E-state index in [1.807, 2.05) is 24.3 Å². The van der Waals surface area contributed by atoms with Crippen molar-refractivity contribution >= 4 is 35.0 Å². The standard InChI is InChI=1S/C26H21NO5S/c28-24-20(14-9-17-23(24)33-22-16-8-7-15-21(22)27(30)31)25(18-10-3-1-4-11-18)32-26(29)19-12-5-2-6-13-19/h1-8,10-13,15-16,23H,9,14,17H2/b25-20-. The Morgan fingerprint density at radius 1 is 0.909 bits per heavy atom. The van der Waals surface area contributed by atoms with Crippen molar-refractivity contribution in [1.29, 1.82) is 0 Å². The van der Waals surface area contributed by atoms with Crippen LogP contribution in [-0.4, -0.2) is 21.9 Å². The summed E-state index contributed by atoms with van der Waals surface area (Å²) in [5.41, 5.74) is 1.44. The summed E-state index contributed by atoms with van der Waals surface area (Å²) in [6.07, 6.45) is 1.77. The summed E-state index contributed by atoms with van der Waals surface area (Å²) in [4.78, 5) is 37.7. The maximum Gasteiger partial charge on any atom is 0.343 e. The Labute approximate surface area is 195 Å². The number of nitrogens with zero attached hydrogens (tertiary/aromatic N) is 1. The van der Waals surface area contributed by atoms with E-state index in [1.54, 1.807) is 54.6 Å². The number of nitro benzene ring substituents is 1. The van der Waals surface area contributed by atoms with E-state index in [4.69, 9.17) is 4.74 Å². The number of ketones is 1. The molecular formula is C26H21NO5S. The number of nitro groups is 1. The van der Waals surface area contributed by atoms with Crippen LogP contribution in [0.2, 0.25) is 0 Å². The number of allylic oxidation sites excluding steroid dienone is 1. The number of carbonyl (C=O) groups excluding carboxylic acids is 2. The monoisotopic (exact) mass is 459 g/mol. The third-order valence-corrected chi connectivity index (χ3v) is 6.66. The number of para-hydroxylation sites is 1. The molecule has 1 fully saturated rings. The molecule has 1 aliphatic carbocycles. The number of hydrogen-bond acceptors (Lipinski definition) is 6. The summed E-state index contributed by atoms with van der Waals surface area (Å²) in [6, 6.07) is 24.1. The fraction of sp³-hybridized carbons (Fsp3) is 0.154. The lowest BCUT2D eigenvalue weighted by Gasteiger charge is -2.24. The highest BCUT2D eigenvalue weighted by Crippen LogP contribution is 2.40. The van der Waals surface area contributed by atoms with Crippen LogP contribution in [0.4, 0.5) is 5.69 Å². The number of carbonyl (C=O) groups is 2. The number of thioether (sulfide) groups is 1. The van der Waals surface area contributed by atoms with Crippen molar-refractivity contribution in [3.8, 4) is 0 Å². The first kappa shape index (κ1) is 22.5. The second-order valence-electron chi connectivity index (χ2n) is 7.52. The molecule has 1 unspecified atom stereocenters. The molecule has 0 N–H and O–H groups in total. The summed E-state index contributed by atoms with van der Waals surface area (Å²) in [7, 11) is 0. The molecule has 0 heterocycles. The Morgan fingerprint density at radius 3 is 2.18 bits per heavy atom. The zero-order valence-electron chi connectivity index (χ0n) is 17.7. The lowest BCUT2D eigenvalue weighted by molar-refractivity contribution is -0.387. The average Bonchev–Trinajstić information content (AvgIpc) is 2.85. The fourth-order valence-electron chi connectivity index (χ4n) is 3.72. The van der Waals surface area contributed by atoms with Gasteiger partial charge in [0.25, 0.3) is 5.69 Å². The molecule has 6 nitrogen and oxygen atoms in total. The SMILES string of the molecule is O=C(O/C(=C1/CCCC(Sc2ccccc2[N+](=O)[O-])C1=O)c1ccccc1)c1ccccc1. The van der Waals surface area contributed by atoms with Crippen molar-refractivity contribution in [1.82, 2.24) is 0 Å². The molecule has 1 aliphatic rings. The zero-order valence-corrected chi connectivity index (χ0v) is 18.5. The highest BCUT2D eigenvalue weighted by Gasteiger charge is 2.33. The van der Waals surface area contributed by atoms with Gasteiger partial charge in [0.15, 0.2) is 5.78 Å². The largest absolute Gasteiger partial charge is 0.422 e. The number of hydrogen-bond donors (Lipinski definition) is 0. The van der Waals surface area contributed by atoms with E-state index in [1.165, 1.54) is 17.8 Å². The van der Waals surface area contributed by atoms with Crippen molar-refractivity contribution in [2.24, 2.45) is 0 Å². The molecule has 3 aromatic carbocycles. The van der Waals surface area contributed by atoms with Gasteiger partial charge in [-0.05, 0) is 37.5 Å². The fourth-order valence-corrected chi connectivity index (χ4v) is 4.98. The predicted octanol–water partition coefficient (Wildman–Crippen LogP) is 6.08. The van der Waals surface area contributed by atoms with Crippen LogP contribution in [0.25, 0.3) is 5.76 Å². The molecule has 0 amide bonds. The predicted molar refractivity (Wildman–Crippen MR) is 127 cm³/mol. The van der Waals surface area contributed by atoms with Crippen molar-refractivity contribution in [2.75, 3.05) is 0 Å². The van der Waals surface area contributed by atoms with Gasteiger partial charge in [-0.2, -0.15) is 0 Å². The Balaban J connectivity index is 1.69. The molecule has 4 rings (SSSR count). The first-order valence-corrected chi connectivity index (χ1v) is 11.4. The molecule has 1 atom stereocenters. The third kappa shape index (κ3) is 5.21. The quantitative estimate of drug-likeness (QED) is 0.146. The smallest absolute Gasteiger partial charge is 0.343 e. The number of Topliss-reactive ketones (excluding diaryl/α,β-unsaturated/α-hetero) is 1. The molecule has 3 aromatic rings. The van der Waals surface area contributed by atoms with Gasteiger partial charge in [-0.1, -0.05) is 60.7 Å². The minimum atomic E-state index is -0.539. The average molecular weight is 460 g/mol. The van der Waals surface area contributed by atoms with Crippen LogP contribution in [0.15, 0.2) is 95.4 Å². The van der Waals surface area contributed by atoms with Gasteiger partial charge in [0, 0.05) is 17.2 Å². The highest BCUT2D eigenvalue weighted by atomic mass is 32.2. The lowest BCUT2D eigenvalue weighted by Crippen LogP contribution is -2.26. The molecule has 166 valence electrons. The van der Waals surface area contributed by atoms with Gasteiger partial charge in [-0.25, -0.2) is 4.79 Å². The van der Waals surface area contributed by atoms with Crippen LogP contribution >= 0.6 is 11.8 Å². The lowest BCUT2D eigenvalue weighted by atomic mass is 9.90. The van der Waals surface area contributed by atoms with Gasteiger partial charge in [0.05, 0.1) is 20.6 Å². The second kappa shape index (κ2) is 10.3. The molecule has 0 radical (unpaired) electrons. The maximum atomic E-state index is 13.5. The van der Waals surface area contributed by atoms with E-state index in [9.17, 15) is 19.7 Å². The molecule has 0 spiro atoms. The minimum absolute atomic E-state index is 0.0230. The normalized spacial score (nSPS) is 17.3. The van der Waals surface area contributed by atoms with Crippen molar-refractivity contribution in [2.45, 2.75) is 29.4 Å². The second-order valence-corrected chi connectivity index (χ2v) is 8.76. The van der Waals surface area contributed by atoms with Gasteiger partial charge >= 0.3 is 5.97 Å². The summed E-state index contributed by atoms with van der Waals surface area (Å²) >= 11 is 1.19. The Hall–Kier alpha value is -3.71. The number of esters is 1. The van der Waals surface area contributed by atoms with Crippen LogP contribution in [-0.2, 0) is 9.53 Å². The van der Waals surface area contributed by atoms with Gasteiger partial charge in [0.1, 0.15) is 5.76 Å². The molecule has 0 bridgehead atoms. The van der Waals surface area contributed by atoms with E-state index in [2.05, 4.69) is 0 Å². The van der Waals surface area contributed by atoms with E-state index >= 15 is 0 Å². The van der Waals surface area contributed by atoms with Crippen molar-refractivity contribution < 1.29 is 19.2 Å². The van der Waals surface area contributed by atoms with Gasteiger partial charge in [-0.3, -0.25) is 14.9 Å². The summed E-state index contributed by atoms with van der Waals surface area (Å²) in [6.45, 7) is 0. The van der Waals surface area contributed by atoms with E-state index in [0.29, 0.717) is 40.9 Å². The summed E-state index contributed by atoms with van der Waals surface area (Å²) in [5.74, 6) is -0.449. The van der Waals surface area contributed by atoms with Gasteiger partial charge in [0.2, 0.25) is 0 Å². The maximum absolute atomic E-state index is 13.5. The Morgan fingerprint density at radius 2 is 1.52 bits per heavy atom.